The van der Waals surface area contributed by atoms with E-state index in [4.69, 9.17) is 47.4 Å². The molecule has 2 aromatic rings. The zero-order valence-corrected chi connectivity index (χ0v) is 28.9. The third-order valence-electron chi connectivity index (χ3n) is 10.1. The summed E-state index contributed by atoms with van der Waals surface area (Å²) < 4.78 is 58.0. The van der Waals surface area contributed by atoms with Crippen molar-refractivity contribution in [3.8, 4) is 34.5 Å². The van der Waals surface area contributed by atoms with Crippen molar-refractivity contribution >= 4 is 0 Å². The molecular weight excluding hydrogens is 696 g/mol. The quantitative estimate of drug-likeness (QED) is 0.119. The first-order valence-electron chi connectivity index (χ1n) is 16.7. The van der Waals surface area contributed by atoms with Crippen LogP contribution in [0.15, 0.2) is 24.3 Å². The molecule has 4 fully saturated rings. The van der Waals surface area contributed by atoms with E-state index in [1.807, 2.05) is 0 Å². The summed E-state index contributed by atoms with van der Waals surface area (Å²) in [5.41, 5.74) is 1.37. The van der Waals surface area contributed by atoms with Crippen LogP contribution in [0.1, 0.15) is 23.3 Å². The van der Waals surface area contributed by atoms with Crippen LogP contribution in [-0.4, -0.2) is 157 Å². The molecule has 0 spiro atoms. The molecule has 0 aliphatic carbocycles. The summed E-state index contributed by atoms with van der Waals surface area (Å²) in [6, 6.07) is 6.78. The lowest BCUT2D eigenvalue weighted by atomic mass is 9.84. The summed E-state index contributed by atoms with van der Waals surface area (Å²) in [6.45, 7) is -0.604. The largest absolute Gasteiger partial charge is 0.493 e. The van der Waals surface area contributed by atoms with Crippen molar-refractivity contribution in [3.63, 3.8) is 0 Å². The summed E-state index contributed by atoms with van der Waals surface area (Å²) in [5.74, 6) is 0.683. The maximum Gasteiger partial charge on any atom is 0.229 e. The number of ether oxygens (including phenoxy) is 10. The standard InChI is InChI=1S/C34H46O18/c1-43-17-5-13(6-18(44-2)31(17)51-33-27(41)25(39)23(37)21(9-35)49-33)29-15-11-48-30(16(15)12-47-29)14-7-19(45-3)32(20(8-14)46-4)52-34-28(42)26(40)24(38)22(10-36)50-34/h5-8,15-16,21-30,33-42H,9-12H2,1-4H3/t15-,16-,21+,22+,23+,24+,25-,26-,27+,28+,29+,30+,33-,34+/m0/s1. The molecule has 18 heteroatoms. The van der Waals surface area contributed by atoms with Crippen LogP contribution in [0.2, 0.25) is 0 Å². The van der Waals surface area contributed by atoms with E-state index in [1.165, 1.54) is 28.4 Å². The molecule has 52 heavy (non-hydrogen) atoms. The summed E-state index contributed by atoms with van der Waals surface area (Å²) in [6.07, 6.45) is -15.9. The SMILES string of the molecule is COc1cc([C@H]2OC[C@H]3[C@@H]2CO[C@@H]3c2cc(OC)c(O[C@H]3O[C@H](CO)[C@@H](O)[C@H](O)[C@H]3O)c(OC)c2)cc(OC)c1O[C@@H]1O[C@H](CO)[C@@H](O)[C@H](O)[C@H]1O. The van der Waals surface area contributed by atoms with E-state index in [0.29, 0.717) is 24.3 Å². The average molecular weight is 743 g/mol. The molecule has 0 saturated carbocycles. The van der Waals surface area contributed by atoms with Crippen molar-refractivity contribution in [1.82, 2.24) is 0 Å². The summed E-state index contributed by atoms with van der Waals surface area (Å²) in [7, 11) is 5.66. The number of hydrogen-bond acceptors (Lipinski definition) is 18. The molecule has 4 heterocycles. The molecule has 290 valence electrons. The predicted octanol–water partition coefficient (Wildman–Crippen LogP) is -1.85. The van der Waals surface area contributed by atoms with Crippen molar-refractivity contribution in [2.45, 2.75) is 73.6 Å². The van der Waals surface area contributed by atoms with Gasteiger partial charge in [-0.1, -0.05) is 0 Å². The topological polar surface area (TPSA) is 254 Å². The fourth-order valence-electron chi connectivity index (χ4n) is 7.16. The van der Waals surface area contributed by atoms with Crippen LogP contribution >= 0.6 is 0 Å². The van der Waals surface area contributed by atoms with Crippen LogP contribution in [0.5, 0.6) is 34.5 Å². The van der Waals surface area contributed by atoms with Crippen molar-refractivity contribution in [2.24, 2.45) is 11.8 Å². The Morgan fingerprint density at radius 3 is 1.13 bits per heavy atom. The normalized spacial score (nSPS) is 37.3. The Hall–Kier alpha value is -3.24. The molecule has 0 bridgehead atoms. The second-order valence-electron chi connectivity index (χ2n) is 13.0. The van der Waals surface area contributed by atoms with Crippen molar-refractivity contribution in [2.75, 3.05) is 54.9 Å². The number of hydrogen-bond donors (Lipinski definition) is 8. The van der Waals surface area contributed by atoms with Crippen LogP contribution in [0, 0.1) is 11.8 Å². The van der Waals surface area contributed by atoms with Gasteiger partial charge in [-0.05, 0) is 35.4 Å². The van der Waals surface area contributed by atoms with Gasteiger partial charge in [0.15, 0.2) is 23.0 Å². The molecule has 4 aliphatic rings. The molecule has 0 aromatic heterocycles. The van der Waals surface area contributed by atoms with Gasteiger partial charge in [0.05, 0.1) is 67.1 Å². The lowest BCUT2D eigenvalue weighted by Gasteiger charge is -2.39. The fourth-order valence-corrected chi connectivity index (χ4v) is 7.16. The van der Waals surface area contributed by atoms with Gasteiger partial charge in [-0.3, -0.25) is 0 Å². The van der Waals surface area contributed by atoms with Crippen LogP contribution < -0.4 is 28.4 Å². The minimum absolute atomic E-state index is 0.0541. The lowest BCUT2D eigenvalue weighted by molar-refractivity contribution is -0.277. The Kier molecular flexibility index (Phi) is 11.8. The second kappa shape index (κ2) is 16.0. The highest BCUT2D eigenvalue weighted by Crippen LogP contribution is 2.54. The summed E-state index contributed by atoms with van der Waals surface area (Å²) >= 11 is 0. The van der Waals surface area contributed by atoms with Crippen molar-refractivity contribution < 1.29 is 88.2 Å². The Morgan fingerprint density at radius 2 is 0.846 bits per heavy atom. The van der Waals surface area contributed by atoms with Crippen LogP contribution in [0.3, 0.4) is 0 Å². The molecule has 2 aromatic carbocycles. The van der Waals surface area contributed by atoms with E-state index in [-0.39, 0.29) is 46.3 Å². The lowest BCUT2D eigenvalue weighted by Crippen LogP contribution is -2.60. The van der Waals surface area contributed by atoms with E-state index in [2.05, 4.69) is 0 Å². The van der Waals surface area contributed by atoms with Gasteiger partial charge in [0, 0.05) is 11.8 Å². The molecule has 6 rings (SSSR count). The number of aliphatic hydroxyl groups is 8. The minimum Gasteiger partial charge on any atom is -0.493 e. The Bertz CT molecular complexity index is 1360. The van der Waals surface area contributed by atoms with Gasteiger partial charge < -0.3 is 88.2 Å². The highest BCUT2D eigenvalue weighted by molar-refractivity contribution is 5.56. The maximum atomic E-state index is 10.5. The van der Waals surface area contributed by atoms with Crippen LogP contribution in [0.25, 0.3) is 0 Å². The monoisotopic (exact) mass is 742 g/mol. The fraction of sp³-hybridized carbons (Fsp3) is 0.647. The van der Waals surface area contributed by atoms with E-state index >= 15 is 0 Å². The first kappa shape index (κ1) is 38.5. The Balaban J connectivity index is 1.22. The van der Waals surface area contributed by atoms with E-state index in [9.17, 15) is 40.9 Å². The molecule has 4 aliphatic heterocycles. The minimum atomic E-state index is -1.65. The van der Waals surface area contributed by atoms with Gasteiger partial charge >= 0.3 is 0 Å². The predicted molar refractivity (Wildman–Crippen MR) is 172 cm³/mol. The Labute approximate surface area is 298 Å². The van der Waals surface area contributed by atoms with Crippen LogP contribution in [-0.2, 0) is 18.9 Å². The molecule has 0 unspecified atom stereocenters. The maximum absolute atomic E-state index is 10.5. The van der Waals surface area contributed by atoms with Gasteiger partial charge in [0.25, 0.3) is 0 Å². The molecule has 14 atom stereocenters. The van der Waals surface area contributed by atoms with Crippen LogP contribution in [0.4, 0.5) is 0 Å². The Morgan fingerprint density at radius 1 is 0.519 bits per heavy atom. The molecule has 4 saturated heterocycles. The van der Waals surface area contributed by atoms with E-state index in [1.54, 1.807) is 24.3 Å². The van der Waals surface area contributed by atoms with Crippen molar-refractivity contribution in [3.05, 3.63) is 35.4 Å². The van der Waals surface area contributed by atoms with Gasteiger partial charge in [0.1, 0.15) is 48.8 Å². The second-order valence-corrected chi connectivity index (χ2v) is 13.0. The number of fused-ring (bicyclic) bond motifs is 1. The first-order chi connectivity index (χ1) is 25.0. The third kappa shape index (κ3) is 6.94. The number of aliphatic hydroxyl groups excluding tert-OH is 8. The molecule has 8 N–H and O–H groups in total. The zero-order chi connectivity index (χ0) is 37.4. The van der Waals surface area contributed by atoms with Gasteiger partial charge in [-0.15, -0.1) is 0 Å². The van der Waals surface area contributed by atoms with Crippen molar-refractivity contribution in [1.29, 1.82) is 0 Å². The third-order valence-corrected chi connectivity index (χ3v) is 10.1. The molecule has 18 nitrogen and oxygen atoms in total. The van der Waals surface area contributed by atoms with E-state index < -0.39 is 86.8 Å². The first-order valence-corrected chi connectivity index (χ1v) is 16.7. The molecule has 0 amide bonds. The number of methoxy groups -OCH3 is 4. The van der Waals surface area contributed by atoms with Gasteiger partial charge in [0.2, 0.25) is 24.1 Å². The highest BCUT2D eigenvalue weighted by atomic mass is 16.7. The number of benzene rings is 2. The smallest absolute Gasteiger partial charge is 0.229 e. The van der Waals surface area contributed by atoms with E-state index in [0.717, 1.165) is 0 Å². The van der Waals surface area contributed by atoms with Gasteiger partial charge in [-0.25, -0.2) is 0 Å². The average Bonchev–Trinajstić information content (AvgIpc) is 3.78. The summed E-state index contributed by atoms with van der Waals surface area (Å²) in [4.78, 5) is 0. The highest BCUT2D eigenvalue weighted by Gasteiger charge is 2.50. The summed E-state index contributed by atoms with van der Waals surface area (Å²) in [5, 5.41) is 81.0. The van der Waals surface area contributed by atoms with Gasteiger partial charge in [-0.2, -0.15) is 0 Å². The zero-order valence-electron chi connectivity index (χ0n) is 28.9. The molecule has 0 radical (unpaired) electrons. The molecular formula is C34H46O18. The number of rotatable bonds is 12.